The number of aliphatic carboxylic acids is 2. The van der Waals surface area contributed by atoms with E-state index in [9.17, 15) is 14.7 Å². The van der Waals surface area contributed by atoms with Crippen LogP contribution in [0.5, 0.6) is 0 Å². The minimum absolute atomic E-state index is 0.173. The topological polar surface area (TPSA) is 74.6 Å². The number of hydrogen-bond acceptors (Lipinski definition) is 2. The van der Waals surface area contributed by atoms with Crippen LogP contribution in [-0.2, 0) is 9.59 Å². The van der Waals surface area contributed by atoms with Crippen LogP contribution in [0, 0.1) is 17.3 Å². The maximum atomic E-state index is 11.9. The quantitative estimate of drug-likeness (QED) is 0.182. The van der Waals surface area contributed by atoms with E-state index >= 15 is 0 Å². The highest BCUT2D eigenvalue weighted by atomic mass is 16.4. The largest absolute Gasteiger partial charge is 0.481 e. The molecule has 0 saturated heterocycles. The average molecular weight is 427 g/mol. The van der Waals surface area contributed by atoms with Crippen LogP contribution in [0.2, 0.25) is 0 Å². The Hall–Kier alpha value is -1.06. The summed E-state index contributed by atoms with van der Waals surface area (Å²) in [6.07, 6.45) is 19.3. The van der Waals surface area contributed by atoms with Crippen molar-refractivity contribution < 1.29 is 19.8 Å². The molecule has 0 unspecified atom stereocenters. The van der Waals surface area contributed by atoms with Crippen molar-refractivity contribution in [3.63, 3.8) is 0 Å². The lowest BCUT2D eigenvalue weighted by Gasteiger charge is -2.37. The van der Waals surface area contributed by atoms with Gasteiger partial charge in [-0.2, -0.15) is 0 Å². The Morgan fingerprint density at radius 2 is 0.867 bits per heavy atom. The summed E-state index contributed by atoms with van der Waals surface area (Å²) in [6.45, 7) is 8.21. The fourth-order valence-corrected chi connectivity index (χ4v) is 4.84. The van der Waals surface area contributed by atoms with Gasteiger partial charge in [-0.05, 0) is 24.7 Å². The van der Waals surface area contributed by atoms with E-state index in [1.807, 2.05) is 0 Å². The van der Waals surface area contributed by atoms with Crippen LogP contribution in [0.1, 0.15) is 137 Å². The summed E-state index contributed by atoms with van der Waals surface area (Å²) in [5.74, 6) is -0.947. The molecular weight excluding hydrogens is 376 g/mol. The van der Waals surface area contributed by atoms with Gasteiger partial charge in [-0.15, -0.1) is 0 Å². The minimum atomic E-state index is -0.674. The first kappa shape index (κ1) is 28.9. The van der Waals surface area contributed by atoms with Gasteiger partial charge in [0.15, 0.2) is 0 Å². The summed E-state index contributed by atoms with van der Waals surface area (Å²) in [5.41, 5.74) is -0.571. The predicted octanol–water partition coefficient (Wildman–Crippen LogP) is 8.09. The monoisotopic (exact) mass is 426 g/mol. The zero-order chi connectivity index (χ0) is 22.8. The number of unbranched alkanes of at least 4 members (excludes halogenated alkanes) is 14. The molecule has 0 rings (SSSR count). The molecule has 0 aliphatic heterocycles. The van der Waals surface area contributed by atoms with E-state index < -0.39 is 17.4 Å². The van der Waals surface area contributed by atoms with E-state index in [0.29, 0.717) is 6.42 Å². The van der Waals surface area contributed by atoms with Crippen molar-refractivity contribution in [1.29, 1.82) is 0 Å². The van der Waals surface area contributed by atoms with Crippen LogP contribution in [0.15, 0.2) is 0 Å². The molecule has 178 valence electrons. The van der Waals surface area contributed by atoms with Crippen molar-refractivity contribution in [2.45, 2.75) is 137 Å². The molecule has 0 aromatic heterocycles. The first-order valence-corrected chi connectivity index (χ1v) is 12.7. The van der Waals surface area contributed by atoms with E-state index in [-0.39, 0.29) is 11.8 Å². The van der Waals surface area contributed by atoms with E-state index in [4.69, 9.17) is 5.11 Å². The molecule has 0 amide bonds. The van der Waals surface area contributed by atoms with Gasteiger partial charge in [0.2, 0.25) is 0 Å². The number of carboxylic acids is 2. The summed E-state index contributed by atoms with van der Waals surface area (Å²) in [6, 6.07) is 0. The molecule has 2 N–H and O–H groups in total. The van der Waals surface area contributed by atoms with Gasteiger partial charge in [-0.25, -0.2) is 0 Å². The second kappa shape index (κ2) is 17.6. The predicted molar refractivity (Wildman–Crippen MR) is 126 cm³/mol. The van der Waals surface area contributed by atoms with Crippen LogP contribution in [0.4, 0.5) is 0 Å². The molecule has 30 heavy (non-hydrogen) atoms. The zero-order valence-electron chi connectivity index (χ0n) is 20.4. The highest BCUT2D eigenvalue weighted by Gasteiger charge is 2.43. The molecule has 0 aromatic rings. The van der Waals surface area contributed by atoms with Gasteiger partial charge in [-0.1, -0.05) is 118 Å². The summed E-state index contributed by atoms with van der Waals surface area (Å²) in [5, 5.41) is 18.4. The highest BCUT2D eigenvalue weighted by molar-refractivity contribution is 5.75. The lowest BCUT2D eigenvalue weighted by atomic mass is 9.66. The van der Waals surface area contributed by atoms with Gasteiger partial charge < -0.3 is 10.2 Å². The highest BCUT2D eigenvalue weighted by Crippen LogP contribution is 2.41. The molecule has 0 heterocycles. The van der Waals surface area contributed by atoms with Crippen LogP contribution < -0.4 is 0 Å². The fourth-order valence-electron chi connectivity index (χ4n) is 4.84. The normalized spacial score (nSPS) is 12.1. The van der Waals surface area contributed by atoms with Gasteiger partial charge in [0, 0.05) is 6.42 Å². The number of carboxylic acid groups (broad SMARTS) is 2. The second-order valence-electron chi connectivity index (χ2n) is 9.85. The Balaban J connectivity index is 3.52. The van der Waals surface area contributed by atoms with Gasteiger partial charge in [0.1, 0.15) is 0 Å². The Labute approximate surface area is 186 Å². The molecule has 4 heteroatoms. The Bertz CT molecular complexity index is 434. The molecule has 0 radical (unpaired) electrons. The first-order chi connectivity index (χ1) is 14.2. The van der Waals surface area contributed by atoms with Crippen molar-refractivity contribution in [3.05, 3.63) is 0 Å². The Kier molecular flexibility index (Phi) is 17.0. The van der Waals surface area contributed by atoms with Crippen molar-refractivity contribution in [1.82, 2.24) is 0 Å². The van der Waals surface area contributed by atoms with Gasteiger partial charge in [0.05, 0.1) is 5.41 Å². The van der Waals surface area contributed by atoms with Crippen molar-refractivity contribution in [2.24, 2.45) is 17.3 Å². The molecule has 0 fully saturated rings. The smallest absolute Gasteiger partial charge is 0.310 e. The third kappa shape index (κ3) is 12.6. The van der Waals surface area contributed by atoms with Crippen LogP contribution in [0.25, 0.3) is 0 Å². The number of rotatable bonds is 21. The fraction of sp³-hybridized carbons (Fsp3) is 0.923. The Morgan fingerprint density at radius 1 is 0.567 bits per heavy atom. The van der Waals surface area contributed by atoms with E-state index in [1.165, 1.54) is 70.6 Å². The summed E-state index contributed by atoms with van der Waals surface area (Å²) < 4.78 is 0. The van der Waals surface area contributed by atoms with Crippen LogP contribution in [-0.4, -0.2) is 22.2 Å². The maximum Gasteiger partial charge on any atom is 0.310 e. The van der Waals surface area contributed by atoms with E-state index in [0.717, 1.165) is 32.1 Å². The van der Waals surface area contributed by atoms with E-state index in [1.54, 1.807) is 0 Å². The summed E-state index contributed by atoms with van der Waals surface area (Å²) in [7, 11) is 0. The maximum absolute atomic E-state index is 11.9. The van der Waals surface area contributed by atoms with Crippen molar-refractivity contribution >= 4 is 11.9 Å². The molecule has 4 nitrogen and oxygen atoms in total. The van der Waals surface area contributed by atoms with Gasteiger partial charge in [-0.3, -0.25) is 9.59 Å². The van der Waals surface area contributed by atoms with Crippen LogP contribution in [0.3, 0.4) is 0 Å². The van der Waals surface area contributed by atoms with E-state index in [2.05, 4.69) is 27.7 Å². The number of hydrogen-bond donors (Lipinski definition) is 2. The lowest BCUT2D eigenvalue weighted by molar-refractivity contribution is -0.156. The zero-order valence-corrected chi connectivity index (χ0v) is 20.4. The molecule has 0 saturated carbocycles. The molecule has 0 bridgehead atoms. The third-order valence-corrected chi connectivity index (χ3v) is 6.94. The molecule has 0 spiro atoms. The Morgan fingerprint density at radius 3 is 1.13 bits per heavy atom. The first-order valence-electron chi connectivity index (χ1n) is 12.7. The second-order valence-corrected chi connectivity index (χ2v) is 9.85. The molecule has 0 aromatic carbocycles. The average Bonchev–Trinajstić information content (AvgIpc) is 2.66. The third-order valence-electron chi connectivity index (χ3n) is 6.94. The van der Waals surface area contributed by atoms with Crippen LogP contribution >= 0.6 is 0 Å². The van der Waals surface area contributed by atoms with Gasteiger partial charge in [0.25, 0.3) is 0 Å². The lowest BCUT2D eigenvalue weighted by Crippen LogP contribution is -2.41. The molecule has 0 aliphatic rings. The van der Waals surface area contributed by atoms with Gasteiger partial charge >= 0.3 is 11.9 Å². The standard InChI is InChI=1S/C26H50O4/c1-22(2)26(23(3)4,25(29)30)21-19-17-15-13-11-9-7-5-6-8-10-12-14-16-18-20-24(27)28/h22-23H,5-21H2,1-4H3,(H,27,28)(H,29,30). The minimum Gasteiger partial charge on any atom is -0.481 e. The van der Waals surface area contributed by atoms with Crippen molar-refractivity contribution in [2.75, 3.05) is 0 Å². The molecular formula is C26H50O4. The molecule has 0 aliphatic carbocycles. The molecule has 0 atom stereocenters. The van der Waals surface area contributed by atoms with Crippen molar-refractivity contribution in [3.8, 4) is 0 Å². The summed E-state index contributed by atoms with van der Waals surface area (Å²) in [4.78, 5) is 22.3. The summed E-state index contributed by atoms with van der Waals surface area (Å²) >= 11 is 0. The number of carbonyl (C=O) groups is 2. The SMILES string of the molecule is CC(C)C(CCCCCCCCCCCCCCCCCC(=O)O)(C(=O)O)C(C)C.